The molecule has 0 bridgehead atoms. The second-order valence-corrected chi connectivity index (χ2v) is 11.0. The molecule has 0 radical (unpaired) electrons. The Morgan fingerprint density at radius 1 is 1.25 bits per heavy atom. The van der Waals surface area contributed by atoms with Crippen molar-refractivity contribution in [2.45, 2.75) is 43.4 Å². The zero-order valence-electron chi connectivity index (χ0n) is 22.4. The summed E-state index contributed by atoms with van der Waals surface area (Å²) >= 11 is 0. The molecule has 2 aromatic carbocycles. The van der Waals surface area contributed by atoms with E-state index >= 15 is 4.39 Å². The SMILES string of the molecule is COC1(C)CN(Cc2cc3c(c(C(F)(F)F)c2)CN(c2cccc(C4(C(F)C(=N)N(C)C=N)COC4)c2)C3=O)C1. The number of likely N-dealkylation sites (tertiary alicyclic amines) is 1. The fourth-order valence-corrected chi connectivity index (χ4v) is 5.69. The molecule has 0 spiro atoms. The Bertz CT molecular complexity index is 1350. The van der Waals surface area contributed by atoms with E-state index in [0.717, 1.165) is 17.3 Å². The van der Waals surface area contributed by atoms with Crippen LogP contribution in [0, 0.1) is 10.8 Å². The van der Waals surface area contributed by atoms with Crippen LogP contribution in [0.1, 0.15) is 39.5 Å². The number of fused-ring (bicyclic) bond motifs is 1. The number of hydrogen-bond donors (Lipinski definition) is 2. The number of ether oxygens (including phenoxy) is 2. The maximum Gasteiger partial charge on any atom is 0.416 e. The summed E-state index contributed by atoms with van der Waals surface area (Å²) in [5, 5.41) is 15.5. The Kier molecular flexibility index (Phi) is 7.00. The molecule has 0 aromatic heterocycles. The lowest BCUT2D eigenvalue weighted by Gasteiger charge is -2.47. The highest BCUT2D eigenvalue weighted by Crippen LogP contribution is 2.43. The minimum Gasteiger partial charge on any atom is -0.379 e. The minimum atomic E-state index is -4.65. The Morgan fingerprint density at radius 2 is 1.95 bits per heavy atom. The second kappa shape index (κ2) is 9.93. The number of nitrogens with one attached hydrogen (secondary N) is 2. The first-order valence-corrected chi connectivity index (χ1v) is 12.8. The number of rotatable bonds is 8. The first-order chi connectivity index (χ1) is 18.8. The van der Waals surface area contributed by atoms with Crippen molar-refractivity contribution in [2.24, 2.45) is 0 Å². The van der Waals surface area contributed by atoms with Crippen molar-refractivity contribution in [1.82, 2.24) is 9.80 Å². The van der Waals surface area contributed by atoms with Crippen LogP contribution in [0.4, 0.5) is 23.2 Å². The minimum absolute atomic E-state index is 0.00435. The quantitative estimate of drug-likeness (QED) is 0.286. The molecule has 12 heteroatoms. The molecule has 3 aliphatic rings. The number of methoxy groups -OCH3 is 1. The highest BCUT2D eigenvalue weighted by Gasteiger charge is 2.51. The Morgan fingerprint density at radius 3 is 2.52 bits per heavy atom. The van der Waals surface area contributed by atoms with Gasteiger partial charge in [0.05, 0.1) is 42.7 Å². The standard InChI is InChI=1S/C28H31F4N5O3/c1-26(39-3)12-36(13-26)10-17-7-20-21(22(8-17)28(30,31)32)11-37(25(20)38)19-6-4-5-18(9-19)27(14-40-15-27)23(29)24(34)35(2)16-33/h4-9,16,23,33-34H,10-15H2,1-3H3. The van der Waals surface area contributed by atoms with Crippen LogP contribution in [0.25, 0.3) is 0 Å². The normalized spacial score (nSPS) is 20.4. The zero-order valence-corrected chi connectivity index (χ0v) is 22.4. The average Bonchev–Trinajstić information content (AvgIpc) is 3.21. The summed E-state index contributed by atoms with van der Waals surface area (Å²) in [5.74, 6) is -0.972. The highest BCUT2D eigenvalue weighted by molar-refractivity contribution is 6.10. The summed E-state index contributed by atoms with van der Waals surface area (Å²) in [5.41, 5.74) is -1.27. The zero-order chi connectivity index (χ0) is 29.0. The highest BCUT2D eigenvalue weighted by atomic mass is 19.4. The van der Waals surface area contributed by atoms with Crippen molar-refractivity contribution < 1.29 is 31.8 Å². The molecule has 2 N–H and O–H groups in total. The van der Waals surface area contributed by atoms with Crippen molar-refractivity contribution >= 4 is 23.8 Å². The molecule has 40 heavy (non-hydrogen) atoms. The van der Waals surface area contributed by atoms with Crippen LogP contribution in [0.5, 0.6) is 0 Å². The van der Waals surface area contributed by atoms with Gasteiger partial charge in [0.15, 0.2) is 6.17 Å². The van der Waals surface area contributed by atoms with Crippen LogP contribution < -0.4 is 4.90 Å². The number of amidine groups is 1. The first kappa shape index (κ1) is 28.2. The topological polar surface area (TPSA) is 93.0 Å². The van der Waals surface area contributed by atoms with Crippen molar-refractivity contribution in [1.29, 1.82) is 10.8 Å². The van der Waals surface area contributed by atoms with E-state index in [1.54, 1.807) is 31.4 Å². The van der Waals surface area contributed by atoms with E-state index < -0.39 is 35.1 Å². The lowest BCUT2D eigenvalue weighted by atomic mass is 9.73. The van der Waals surface area contributed by atoms with Gasteiger partial charge in [-0.2, -0.15) is 13.2 Å². The summed E-state index contributed by atoms with van der Waals surface area (Å²) in [6, 6.07) is 9.11. The number of nitrogens with zero attached hydrogens (tertiary/aromatic N) is 3. The molecule has 3 aliphatic heterocycles. The smallest absolute Gasteiger partial charge is 0.379 e. The lowest BCUT2D eigenvalue weighted by Crippen LogP contribution is -2.60. The van der Waals surface area contributed by atoms with Gasteiger partial charge >= 0.3 is 6.18 Å². The number of halogens is 4. The molecule has 214 valence electrons. The lowest BCUT2D eigenvalue weighted by molar-refractivity contribution is -0.138. The van der Waals surface area contributed by atoms with Gasteiger partial charge in [0.2, 0.25) is 0 Å². The van der Waals surface area contributed by atoms with Crippen LogP contribution in [0.3, 0.4) is 0 Å². The predicted octanol–water partition coefficient (Wildman–Crippen LogP) is 4.21. The number of carbonyl (C=O) groups excluding carboxylic acids is 1. The van der Waals surface area contributed by atoms with Gasteiger partial charge < -0.3 is 19.3 Å². The van der Waals surface area contributed by atoms with Gasteiger partial charge in [-0.15, -0.1) is 0 Å². The molecule has 8 nitrogen and oxygen atoms in total. The molecule has 3 heterocycles. The summed E-state index contributed by atoms with van der Waals surface area (Å²) in [7, 11) is 3.00. The molecular weight excluding hydrogens is 530 g/mol. The van der Waals surface area contributed by atoms with E-state index in [9.17, 15) is 18.0 Å². The number of hydrogen-bond acceptors (Lipinski definition) is 6. The number of carbonyl (C=O) groups is 1. The Hall–Kier alpha value is -3.35. The molecule has 1 amide bonds. The summed E-state index contributed by atoms with van der Waals surface area (Å²) in [4.78, 5) is 17.8. The van der Waals surface area contributed by atoms with Crippen molar-refractivity contribution in [2.75, 3.05) is 45.4 Å². The van der Waals surface area contributed by atoms with E-state index in [1.807, 2.05) is 11.8 Å². The third kappa shape index (κ3) is 4.67. The molecule has 2 saturated heterocycles. The van der Waals surface area contributed by atoms with Crippen molar-refractivity contribution in [3.05, 3.63) is 64.2 Å². The Balaban J connectivity index is 1.45. The van der Waals surface area contributed by atoms with E-state index in [1.165, 1.54) is 18.0 Å². The molecular formula is C28H31F4N5O3. The van der Waals surface area contributed by atoms with E-state index in [-0.39, 0.29) is 43.0 Å². The fraction of sp³-hybridized carbons (Fsp3) is 0.464. The predicted molar refractivity (Wildman–Crippen MR) is 141 cm³/mol. The molecule has 2 fully saturated rings. The van der Waals surface area contributed by atoms with Gasteiger partial charge in [0.1, 0.15) is 5.84 Å². The molecule has 1 atom stereocenters. The van der Waals surface area contributed by atoms with Crippen LogP contribution in [-0.4, -0.2) is 80.1 Å². The van der Waals surface area contributed by atoms with Crippen LogP contribution in [0.15, 0.2) is 36.4 Å². The number of anilines is 1. The van der Waals surface area contributed by atoms with Gasteiger partial charge in [-0.05, 0) is 47.9 Å². The number of benzene rings is 2. The van der Waals surface area contributed by atoms with Gasteiger partial charge in [-0.3, -0.25) is 20.5 Å². The third-order valence-corrected chi connectivity index (χ3v) is 8.17. The maximum absolute atomic E-state index is 15.6. The Labute approximate surface area is 229 Å². The summed E-state index contributed by atoms with van der Waals surface area (Å²) < 4.78 is 68.8. The van der Waals surface area contributed by atoms with Gasteiger partial charge in [-0.1, -0.05) is 12.1 Å². The number of amides is 1. The molecule has 0 aliphatic carbocycles. The van der Waals surface area contributed by atoms with Gasteiger partial charge in [0, 0.05) is 45.0 Å². The van der Waals surface area contributed by atoms with E-state index in [0.29, 0.717) is 29.9 Å². The molecule has 0 saturated carbocycles. The fourth-order valence-electron chi connectivity index (χ4n) is 5.69. The van der Waals surface area contributed by atoms with Crippen LogP contribution in [-0.2, 0) is 34.2 Å². The van der Waals surface area contributed by atoms with Crippen molar-refractivity contribution in [3.63, 3.8) is 0 Å². The molecule has 2 aromatic rings. The van der Waals surface area contributed by atoms with Gasteiger partial charge in [0.25, 0.3) is 5.91 Å². The monoisotopic (exact) mass is 561 g/mol. The first-order valence-electron chi connectivity index (χ1n) is 12.8. The van der Waals surface area contributed by atoms with Crippen LogP contribution in [0.2, 0.25) is 0 Å². The summed E-state index contributed by atoms with van der Waals surface area (Å²) in [6.45, 7) is 3.04. The van der Waals surface area contributed by atoms with E-state index in [4.69, 9.17) is 20.3 Å². The average molecular weight is 562 g/mol. The van der Waals surface area contributed by atoms with Gasteiger partial charge in [-0.25, -0.2) is 4.39 Å². The van der Waals surface area contributed by atoms with Crippen molar-refractivity contribution in [3.8, 4) is 0 Å². The van der Waals surface area contributed by atoms with E-state index in [2.05, 4.69) is 0 Å². The molecule has 5 rings (SSSR count). The number of alkyl halides is 4. The summed E-state index contributed by atoms with van der Waals surface area (Å²) in [6.07, 6.45) is -5.61. The third-order valence-electron chi connectivity index (χ3n) is 8.17. The second-order valence-electron chi connectivity index (χ2n) is 11.0. The molecule has 1 unspecified atom stereocenters. The maximum atomic E-state index is 15.6. The van der Waals surface area contributed by atoms with Crippen LogP contribution >= 0.6 is 0 Å². The largest absolute Gasteiger partial charge is 0.416 e.